The first-order valence-electron chi connectivity index (χ1n) is 6.93. The summed E-state index contributed by atoms with van der Waals surface area (Å²) in [5, 5.41) is 23.8. The van der Waals surface area contributed by atoms with Crippen molar-refractivity contribution in [3.05, 3.63) is 73.3 Å². The lowest BCUT2D eigenvalue weighted by Crippen LogP contribution is -2.21. The fourth-order valence-electron chi connectivity index (χ4n) is 1.87. The van der Waals surface area contributed by atoms with E-state index in [0.717, 1.165) is 12.1 Å². The Bertz CT molecular complexity index is 901. The number of hydrogen-bond donors (Lipinski definition) is 1. The van der Waals surface area contributed by atoms with Gasteiger partial charge in [-0.15, -0.1) is 0 Å². The number of anilines is 1. The van der Waals surface area contributed by atoms with Gasteiger partial charge < -0.3 is 10.1 Å². The van der Waals surface area contributed by atoms with E-state index in [9.17, 15) is 29.8 Å². The number of nitrogens with zero attached hydrogens (tertiary/aromatic N) is 2. The van der Waals surface area contributed by atoms with Crippen LogP contribution in [-0.4, -0.2) is 28.3 Å². The summed E-state index contributed by atoms with van der Waals surface area (Å²) >= 11 is 5.84. The van der Waals surface area contributed by atoms with Crippen molar-refractivity contribution in [2.45, 2.75) is 0 Å². The van der Waals surface area contributed by atoms with E-state index >= 15 is 0 Å². The van der Waals surface area contributed by atoms with Gasteiger partial charge in [0.1, 0.15) is 0 Å². The van der Waals surface area contributed by atoms with Gasteiger partial charge in [0.05, 0.1) is 26.1 Å². The van der Waals surface area contributed by atoms with Crippen molar-refractivity contribution in [1.29, 1.82) is 0 Å². The molecule has 134 valence electrons. The van der Waals surface area contributed by atoms with Crippen LogP contribution in [0.5, 0.6) is 0 Å². The number of ether oxygens (including phenoxy) is 1. The Labute approximate surface area is 150 Å². The molecule has 2 aromatic carbocycles. The Morgan fingerprint density at radius 2 is 1.69 bits per heavy atom. The molecular weight excluding hydrogens is 370 g/mol. The summed E-state index contributed by atoms with van der Waals surface area (Å²) in [4.78, 5) is 43.8. The van der Waals surface area contributed by atoms with Gasteiger partial charge in [-0.3, -0.25) is 25.0 Å². The van der Waals surface area contributed by atoms with E-state index in [4.69, 9.17) is 16.3 Å². The number of carbonyl (C=O) groups excluding carboxylic acids is 2. The number of hydrogen-bond acceptors (Lipinski definition) is 7. The second kappa shape index (κ2) is 8.03. The van der Waals surface area contributed by atoms with Crippen LogP contribution in [0, 0.1) is 20.2 Å². The molecule has 0 aromatic heterocycles. The topological polar surface area (TPSA) is 142 Å². The molecule has 2 aromatic rings. The molecular formula is C15H10ClN3O7. The molecule has 0 heterocycles. The number of esters is 1. The average Bonchev–Trinajstić information content (AvgIpc) is 2.61. The predicted molar refractivity (Wildman–Crippen MR) is 90.1 cm³/mol. The van der Waals surface area contributed by atoms with Gasteiger partial charge >= 0.3 is 5.97 Å². The monoisotopic (exact) mass is 379 g/mol. The highest BCUT2D eigenvalue weighted by Gasteiger charge is 2.16. The minimum atomic E-state index is -0.936. The lowest BCUT2D eigenvalue weighted by Gasteiger charge is -2.08. The molecule has 0 aliphatic rings. The van der Waals surface area contributed by atoms with Crippen molar-refractivity contribution in [1.82, 2.24) is 0 Å². The fraction of sp³-hybridized carbons (Fsp3) is 0.0667. The average molecular weight is 380 g/mol. The van der Waals surface area contributed by atoms with Gasteiger partial charge in [-0.2, -0.15) is 0 Å². The molecule has 0 aliphatic carbocycles. The zero-order valence-electron chi connectivity index (χ0n) is 12.9. The number of rotatable bonds is 6. The molecule has 26 heavy (non-hydrogen) atoms. The lowest BCUT2D eigenvalue weighted by molar-refractivity contribution is -0.385. The largest absolute Gasteiger partial charge is 0.452 e. The Morgan fingerprint density at radius 3 is 2.35 bits per heavy atom. The summed E-state index contributed by atoms with van der Waals surface area (Å²) in [5.74, 6) is -1.72. The third kappa shape index (κ3) is 4.74. The number of nitrogens with one attached hydrogen (secondary N) is 1. The third-order valence-corrected chi connectivity index (χ3v) is 3.39. The lowest BCUT2D eigenvalue weighted by atomic mass is 10.2. The van der Waals surface area contributed by atoms with Crippen LogP contribution in [0.4, 0.5) is 17.1 Å². The van der Waals surface area contributed by atoms with Gasteiger partial charge in [0.2, 0.25) is 0 Å². The first-order valence-corrected chi connectivity index (χ1v) is 7.31. The van der Waals surface area contributed by atoms with Gasteiger partial charge in [-0.1, -0.05) is 17.7 Å². The summed E-state index contributed by atoms with van der Waals surface area (Å²) in [6.07, 6.45) is 0. The highest BCUT2D eigenvalue weighted by atomic mass is 35.5. The maximum atomic E-state index is 11.8. The molecule has 1 amide bonds. The molecule has 0 radical (unpaired) electrons. The van der Waals surface area contributed by atoms with E-state index in [-0.39, 0.29) is 27.6 Å². The summed E-state index contributed by atoms with van der Waals surface area (Å²) < 4.78 is 4.76. The van der Waals surface area contributed by atoms with E-state index in [1.165, 1.54) is 30.3 Å². The number of nitro groups is 2. The quantitative estimate of drug-likeness (QED) is 0.461. The van der Waals surface area contributed by atoms with Crippen LogP contribution >= 0.6 is 11.6 Å². The molecule has 1 N–H and O–H groups in total. The normalized spacial score (nSPS) is 10.0. The smallest absolute Gasteiger partial charge is 0.338 e. The highest BCUT2D eigenvalue weighted by molar-refractivity contribution is 6.33. The van der Waals surface area contributed by atoms with Crippen molar-refractivity contribution >= 4 is 40.5 Å². The number of halogens is 1. The van der Waals surface area contributed by atoms with Crippen LogP contribution < -0.4 is 5.32 Å². The summed E-state index contributed by atoms with van der Waals surface area (Å²) in [7, 11) is 0. The van der Waals surface area contributed by atoms with Gasteiger partial charge in [-0.25, -0.2) is 4.79 Å². The molecule has 0 aliphatic heterocycles. The Kier molecular flexibility index (Phi) is 5.81. The molecule has 11 heteroatoms. The fourth-order valence-corrected chi connectivity index (χ4v) is 2.03. The van der Waals surface area contributed by atoms with E-state index in [2.05, 4.69) is 5.32 Å². The summed E-state index contributed by atoms with van der Waals surface area (Å²) in [6, 6.07) is 8.28. The molecule has 0 bridgehead atoms. The molecule has 0 saturated carbocycles. The Morgan fingerprint density at radius 1 is 1.04 bits per heavy atom. The van der Waals surface area contributed by atoms with Crippen molar-refractivity contribution in [2.24, 2.45) is 0 Å². The zero-order valence-corrected chi connectivity index (χ0v) is 13.6. The summed E-state index contributed by atoms with van der Waals surface area (Å²) in [5.41, 5.74) is -0.691. The predicted octanol–water partition coefficient (Wildman–Crippen LogP) is 2.95. The van der Waals surface area contributed by atoms with Gasteiger partial charge in [-0.05, 0) is 12.1 Å². The first-order chi connectivity index (χ1) is 12.3. The van der Waals surface area contributed by atoms with Crippen LogP contribution in [0.25, 0.3) is 0 Å². The Balaban J connectivity index is 2.00. The molecule has 0 atom stereocenters. The van der Waals surface area contributed by atoms with Crippen molar-refractivity contribution in [2.75, 3.05) is 11.9 Å². The van der Waals surface area contributed by atoms with Gasteiger partial charge in [0.25, 0.3) is 17.3 Å². The van der Waals surface area contributed by atoms with Crippen LogP contribution in [0.1, 0.15) is 10.4 Å². The molecule has 0 fully saturated rings. The van der Waals surface area contributed by atoms with E-state index in [0.29, 0.717) is 0 Å². The van der Waals surface area contributed by atoms with Gasteiger partial charge in [0.15, 0.2) is 6.61 Å². The summed E-state index contributed by atoms with van der Waals surface area (Å²) in [6.45, 7) is -0.708. The van der Waals surface area contributed by atoms with Crippen molar-refractivity contribution in [3.8, 4) is 0 Å². The standard InChI is InChI=1S/C15H10ClN3O7/c16-12-5-4-11(19(24)25)7-13(12)17-14(20)8-26-15(21)9-2-1-3-10(6-9)18(22)23/h1-7H,8H2,(H,17,20). The SMILES string of the molecule is O=C(COC(=O)c1cccc([N+](=O)[O-])c1)Nc1cc([N+](=O)[O-])ccc1Cl. The van der Waals surface area contributed by atoms with Crippen LogP contribution in [0.2, 0.25) is 5.02 Å². The van der Waals surface area contributed by atoms with Gasteiger partial charge in [0, 0.05) is 24.3 Å². The highest BCUT2D eigenvalue weighted by Crippen LogP contribution is 2.26. The zero-order chi connectivity index (χ0) is 19.3. The number of amides is 1. The van der Waals surface area contributed by atoms with Crippen molar-refractivity contribution < 1.29 is 24.2 Å². The Hall–Kier alpha value is -3.53. The molecule has 0 spiro atoms. The third-order valence-electron chi connectivity index (χ3n) is 3.06. The molecule has 10 nitrogen and oxygen atoms in total. The number of carbonyl (C=O) groups is 2. The van der Waals surface area contributed by atoms with E-state index < -0.39 is 28.3 Å². The molecule has 2 rings (SSSR count). The van der Waals surface area contributed by atoms with E-state index in [1.54, 1.807) is 0 Å². The number of benzene rings is 2. The molecule has 0 saturated heterocycles. The minimum Gasteiger partial charge on any atom is -0.452 e. The molecule has 0 unspecified atom stereocenters. The first kappa shape index (κ1) is 18.8. The number of non-ortho nitro benzene ring substituents is 2. The van der Waals surface area contributed by atoms with Crippen LogP contribution in [0.15, 0.2) is 42.5 Å². The maximum Gasteiger partial charge on any atom is 0.338 e. The number of nitro benzene ring substituents is 2. The second-order valence-electron chi connectivity index (χ2n) is 4.85. The van der Waals surface area contributed by atoms with Crippen molar-refractivity contribution in [3.63, 3.8) is 0 Å². The van der Waals surface area contributed by atoms with E-state index in [1.807, 2.05) is 0 Å². The maximum absolute atomic E-state index is 11.8. The second-order valence-corrected chi connectivity index (χ2v) is 5.26. The van der Waals surface area contributed by atoms with Crippen LogP contribution in [-0.2, 0) is 9.53 Å². The minimum absolute atomic E-state index is 0.0164. The van der Waals surface area contributed by atoms with Crippen LogP contribution in [0.3, 0.4) is 0 Å².